The van der Waals surface area contributed by atoms with Crippen molar-refractivity contribution < 1.29 is 40.3 Å². The number of nitrogens with zero attached hydrogens (tertiary/aromatic N) is 2. The second kappa shape index (κ2) is 8.85. The molecule has 0 aromatic heterocycles. The molecule has 2 amide bonds. The van der Waals surface area contributed by atoms with E-state index in [1.807, 2.05) is 6.07 Å². The summed E-state index contributed by atoms with van der Waals surface area (Å²) in [4.78, 5) is 26.9. The molecule has 1 N–H and O–H groups in total. The van der Waals surface area contributed by atoms with Crippen LogP contribution in [-0.2, 0) is 21.4 Å². The fourth-order valence-corrected chi connectivity index (χ4v) is 5.54. The first kappa shape index (κ1) is 27.7. The van der Waals surface area contributed by atoms with E-state index in [9.17, 15) is 41.2 Å². The van der Waals surface area contributed by atoms with Crippen molar-refractivity contribution >= 4 is 27.7 Å². The van der Waals surface area contributed by atoms with Crippen LogP contribution in [0.1, 0.15) is 56.6 Å². The molecule has 3 fully saturated rings. The number of rotatable bonds is 6. The molecule has 0 spiro atoms. The molecule has 2 aliphatic carbocycles. The second-order valence-electron chi connectivity index (χ2n) is 10.1. The first-order valence-electron chi connectivity index (χ1n) is 11.7. The Kier molecular flexibility index (Phi) is 6.62. The minimum atomic E-state index is -4.93. The highest BCUT2D eigenvalue weighted by Crippen LogP contribution is 2.60. The summed E-state index contributed by atoms with van der Waals surface area (Å²) in [6.45, 7) is 0.626. The summed E-state index contributed by atoms with van der Waals surface area (Å²) in [6, 6.07) is 3.25. The maximum atomic E-state index is 16.7. The van der Waals surface area contributed by atoms with Gasteiger partial charge >= 0.3 is 12.4 Å². The third-order valence-electron chi connectivity index (χ3n) is 7.79. The average Bonchev–Trinajstić information content (AvgIpc) is 3.73. The van der Waals surface area contributed by atoms with Crippen LogP contribution < -0.4 is 5.32 Å². The van der Waals surface area contributed by atoms with Gasteiger partial charge in [0.25, 0.3) is 0 Å². The predicted octanol–water partition coefficient (Wildman–Crippen LogP) is 5.77. The number of halogens is 8. The summed E-state index contributed by atoms with van der Waals surface area (Å²) < 4.78 is 99.5. The van der Waals surface area contributed by atoms with Crippen LogP contribution in [0.5, 0.6) is 0 Å². The van der Waals surface area contributed by atoms with Gasteiger partial charge in [0.15, 0.2) is 0 Å². The maximum absolute atomic E-state index is 16.7. The van der Waals surface area contributed by atoms with Gasteiger partial charge in [0.05, 0.1) is 11.6 Å². The number of carbonyl (C=O) groups excluding carboxylic acids is 2. The van der Waals surface area contributed by atoms with Crippen LogP contribution in [0, 0.1) is 22.7 Å². The van der Waals surface area contributed by atoms with E-state index in [2.05, 4.69) is 21.2 Å². The summed E-state index contributed by atoms with van der Waals surface area (Å²) in [5.74, 6) is -3.71. The van der Waals surface area contributed by atoms with Crippen molar-refractivity contribution in [1.29, 1.82) is 5.26 Å². The molecule has 3 aliphatic rings. The molecule has 3 atom stereocenters. The standard InChI is InChI=1S/C24H23BrF7N3O2/c1-2-22(26,15-4-3-14(25)10-16(15)23(27,28)29)13-9-17(18(36)34-20(12-33)5-6-20)35(11-13)19(37)21(7-8-21)24(30,31)32/h3-4,10,13,17H,2,5-9,11H2,1H3,(H,34,36)/t13?,17-,22?/m0/s1. The van der Waals surface area contributed by atoms with Gasteiger partial charge in [0, 0.05) is 22.5 Å². The summed E-state index contributed by atoms with van der Waals surface area (Å²) in [5.41, 5.74) is -8.59. The molecule has 1 saturated heterocycles. The summed E-state index contributed by atoms with van der Waals surface area (Å²) >= 11 is 2.94. The van der Waals surface area contributed by atoms with E-state index in [1.54, 1.807) is 0 Å². The topological polar surface area (TPSA) is 73.2 Å². The van der Waals surface area contributed by atoms with Gasteiger partial charge in [-0.3, -0.25) is 9.59 Å². The van der Waals surface area contributed by atoms with Gasteiger partial charge in [-0.1, -0.05) is 28.9 Å². The number of nitrogens with one attached hydrogen (secondary N) is 1. The van der Waals surface area contributed by atoms with Crippen molar-refractivity contribution in [3.05, 3.63) is 33.8 Å². The van der Waals surface area contributed by atoms with Crippen molar-refractivity contribution in [2.45, 2.75) is 75.1 Å². The third-order valence-corrected chi connectivity index (χ3v) is 8.28. The number of likely N-dealkylation sites (tertiary alicyclic amines) is 1. The number of nitriles is 1. The first-order chi connectivity index (χ1) is 17.0. The zero-order valence-corrected chi connectivity index (χ0v) is 21.2. The molecular weight excluding hydrogens is 575 g/mol. The zero-order chi connectivity index (χ0) is 27.6. The molecular formula is C24H23BrF7N3O2. The number of hydrogen-bond acceptors (Lipinski definition) is 3. The van der Waals surface area contributed by atoms with Crippen molar-refractivity contribution in [1.82, 2.24) is 10.2 Å². The molecule has 0 radical (unpaired) electrons. The van der Waals surface area contributed by atoms with Gasteiger partial charge in [0.2, 0.25) is 11.8 Å². The molecule has 0 bridgehead atoms. The molecule has 1 aliphatic heterocycles. The largest absolute Gasteiger partial charge is 0.416 e. The van der Waals surface area contributed by atoms with E-state index >= 15 is 4.39 Å². The van der Waals surface area contributed by atoms with Crippen LogP contribution in [0.15, 0.2) is 22.7 Å². The molecule has 1 heterocycles. The van der Waals surface area contributed by atoms with E-state index in [0.717, 1.165) is 6.07 Å². The van der Waals surface area contributed by atoms with E-state index in [-0.39, 0.29) is 4.47 Å². The van der Waals surface area contributed by atoms with Crippen LogP contribution in [0.2, 0.25) is 0 Å². The number of amides is 2. The summed E-state index contributed by atoms with van der Waals surface area (Å²) in [7, 11) is 0. The minimum absolute atomic E-state index is 0.0506. The van der Waals surface area contributed by atoms with Gasteiger partial charge < -0.3 is 10.2 Å². The SMILES string of the molecule is CCC(F)(c1ccc(Br)cc1C(F)(F)F)C1C[C@@H](C(=O)NC2(C#N)CC2)N(C(=O)C2(C(F)(F)F)CC2)C1. The quantitative estimate of drug-likeness (QED) is 0.423. The van der Waals surface area contributed by atoms with Crippen LogP contribution >= 0.6 is 15.9 Å². The van der Waals surface area contributed by atoms with Gasteiger partial charge in [-0.25, -0.2) is 4.39 Å². The molecule has 2 saturated carbocycles. The Bertz CT molecular complexity index is 1150. The Morgan fingerprint density at radius 2 is 1.73 bits per heavy atom. The summed E-state index contributed by atoms with van der Waals surface area (Å²) in [5, 5.41) is 11.7. The number of benzene rings is 1. The fraction of sp³-hybridized carbons (Fsp3) is 0.625. The predicted molar refractivity (Wildman–Crippen MR) is 119 cm³/mol. The lowest BCUT2D eigenvalue weighted by atomic mass is 9.77. The van der Waals surface area contributed by atoms with E-state index in [4.69, 9.17) is 0 Å². The molecule has 1 aromatic rings. The smallest absolute Gasteiger partial charge is 0.336 e. The van der Waals surface area contributed by atoms with Gasteiger partial charge in [-0.05, 0) is 50.7 Å². The van der Waals surface area contributed by atoms with Gasteiger partial charge in [-0.2, -0.15) is 31.6 Å². The zero-order valence-electron chi connectivity index (χ0n) is 19.6. The lowest BCUT2D eigenvalue weighted by molar-refractivity contribution is -0.199. The minimum Gasteiger partial charge on any atom is -0.336 e. The van der Waals surface area contributed by atoms with Gasteiger partial charge in [0.1, 0.15) is 22.7 Å². The van der Waals surface area contributed by atoms with E-state index in [1.165, 1.54) is 13.0 Å². The number of carbonyl (C=O) groups is 2. The molecule has 5 nitrogen and oxygen atoms in total. The third kappa shape index (κ3) is 4.70. The molecule has 13 heteroatoms. The Hall–Kier alpha value is -2.36. The van der Waals surface area contributed by atoms with E-state index < -0.39 is 96.1 Å². The first-order valence-corrected chi connectivity index (χ1v) is 12.5. The highest BCUT2D eigenvalue weighted by molar-refractivity contribution is 9.10. The van der Waals surface area contributed by atoms with Crippen LogP contribution in [0.4, 0.5) is 30.7 Å². The summed E-state index contributed by atoms with van der Waals surface area (Å²) in [6.07, 6.45) is -11.2. The average molecular weight is 598 g/mol. The maximum Gasteiger partial charge on any atom is 0.416 e. The second-order valence-corrected chi connectivity index (χ2v) is 11.0. The van der Waals surface area contributed by atoms with Gasteiger partial charge in [-0.15, -0.1) is 0 Å². The highest BCUT2D eigenvalue weighted by Gasteiger charge is 2.71. The van der Waals surface area contributed by atoms with Crippen molar-refractivity contribution in [2.75, 3.05) is 6.54 Å². The lowest BCUT2D eigenvalue weighted by Crippen LogP contribution is -2.53. The molecule has 1 aromatic carbocycles. The lowest BCUT2D eigenvalue weighted by Gasteiger charge is -2.33. The monoisotopic (exact) mass is 597 g/mol. The molecule has 2 unspecified atom stereocenters. The Morgan fingerprint density at radius 1 is 1.11 bits per heavy atom. The van der Waals surface area contributed by atoms with Crippen molar-refractivity contribution in [3.8, 4) is 6.07 Å². The molecule has 202 valence electrons. The fourth-order valence-electron chi connectivity index (χ4n) is 5.18. The van der Waals surface area contributed by atoms with Crippen molar-refractivity contribution in [3.63, 3.8) is 0 Å². The Morgan fingerprint density at radius 3 is 2.19 bits per heavy atom. The number of hydrogen-bond donors (Lipinski definition) is 1. The Balaban J connectivity index is 1.73. The van der Waals surface area contributed by atoms with Crippen LogP contribution in [0.25, 0.3) is 0 Å². The molecule has 4 rings (SSSR count). The van der Waals surface area contributed by atoms with Crippen LogP contribution in [0.3, 0.4) is 0 Å². The normalized spacial score (nSPS) is 25.7. The van der Waals surface area contributed by atoms with Crippen LogP contribution in [-0.4, -0.2) is 41.0 Å². The highest BCUT2D eigenvalue weighted by atomic mass is 79.9. The molecule has 37 heavy (non-hydrogen) atoms. The van der Waals surface area contributed by atoms with E-state index in [0.29, 0.717) is 23.8 Å². The van der Waals surface area contributed by atoms with Crippen molar-refractivity contribution in [2.24, 2.45) is 11.3 Å². The Labute approximate surface area is 216 Å². The number of alkyl halides is 7.